The maximum atomic E-state index is 12.6. The number of carbonyl (C=O) groups is 2. The van der Waals surface area contributed by atoms with Crippen LogP contribution in [0.4, 0.5) is 5.69 Å². The van der Waals surface area contributed by atoms with Crippen LogP contribution in [0.2, 0.25) is 0 Å². The Morgan fingerprint density at radius 2 is 2.14 bits per heavy atom. The summed E-state index contributed by atoms with van der Waals surface area (Å²) in [4.78, 5) is 32.0. The SMILES string of the molecule is O=C(Nc1ccc(-c2cn3ccsc3n2)cc1)[C@H]1CC(=O)N(Cc2ccco2)C1. The van der Waals surface area contributed by atoms with Gasteiger partial charge in [-0.25, -0.2) is 4.98 Å². The van der Waals surface area contributed by atoms with E-state index in [1.54, 1.807) is 28.6 Å². The van der Waals surface area contributed by atoms with Gasteiger partial charge in [-0.2, -0.15) is 0 Å². The summed E-state index contributed by atoms with van der Waals surface area (Å²) in [7, 11) is 0. The van der Waals surface area contributed by atoms with Crippen LogP contribution < -0.4 is 5.32 Å². The zero-order valence-electron chi connectivity index (χ0n) is 15.4. The number of imidazole rings is 1. The number of benzene rings is 1. The number of fused-ring (bicyclic) bond motifs is 1. The second kappa shape index (κ2) is 7.21. The van der Waals surface area contributed by atoms with Crippen LogP contribution in [0.25, 0.3) is 16.2 Å². The second-order valence-corrected chi connectivity index (χ2v) is 7.91. The van der Waals surface area contributed by atoms with Gasteiger partial charge in [0.25, 0.3) is 0 Å². The van der Waals surface area contributed by atoms with Crippen LogP contribution >= 0.6 is 11.3 Å². The highest BCUT2D eigenvalue weighted by Gasteiger charge is 2.34. The highest BCUT2D eigenvalue weighted by atomic mass is 32.1. The Labute approximate surface area is 170 Å². The summed E-state index contributed by atoms with van der Waals surface area (Å²) < 4.78 is 7.28. The van der Waals surface area contributed by atoms with Crippen LogP contribution in [0.3, 0.4) is 0 Å². The normalized spacial score (nSPS) is 16.6. The molecule has 5 rings (SSSR count). The molecule has 146 valence electrons. The number of anilines is 1. The molecule has 1 aliphatic heterocycles. The Balaban J connectivity index is 1.22. The number of furan rings is 1. The molecule has 0 saturated carbocycles. The Bertz CT molecular complexity index is 1130. The number of aromatic nitrogens is 2. The molecule has 8 heteroatoms. The van der Waals surface area contributed by atoms with Gasteiger partial charge in [-0.3, -0.25) is 14.0 Å². The summed E-state index contributed by atoms with van der Waals surface area (Å²) in [5.74, 6) is 0.179. The van der Waals surface area contributed by atoms with E-state index in [0.717, 1.165) is 16.2 Å². The van der Waals surface area contributed by atoms with Crippen molar-refractivity contribution < 1.29 is 14.0 Å². The van der Waals surface area contributed by atoms with Crippen LogP contribution in [-0.4, -0.2) is 32.6 Å². The van der Waals surface area contributed by atoms with Gasteiger partial charge in [0.1, 0.15) is 5.76 Å². The molecule has 1 aliphatic rings. The van der Waals surface area contributed by atoms with E-state index in [1.807, 2.05) is 52.5 Å². The van der Waals surface area contributed by atoms with Crippen molar-refractivity contribution in [3.8, 4) is 11.3 Å². The monoisotopic (exact) mass is 406 g/mol. The first-order valence-corrected chi connectivity index (χ1v) is 10.2. The summed E-state index contributed by atoms with van der Waals surface area (Å²) in [6.07, 6.45) is 5.76. The van der Waals surface area contributed by atoms with Gasteiger partial charge < -0.3 is 14.6 Å². The van der Waals surface area contributed by atoms with Crippen LogP contribution in [0.5, 0.6) is 0 Å². The lowest BCUT2D eigenvalue weighted by molar-refractivity contribution is -0.128. The first-order chi connectivity index (χ1) is 14.2. The summed E-state index contributed by atoms with van der Waals surface area (Å²) in [5.41, 5.74) is 2.58. The first-order valence-electron chi connectivity index (χ1n) is 9.29. The minimum Gasteiger partial charge on any atom is -0.467 e. The van der Waals surface area contributed by atoms with Crippen molar-refractivity contribution in [2.24, 2.45) is 5.92 Å². The maximum Gasteiger partial charge on any atom is 0.229 e. The third-order valence-electron chi connectivity index (χ3n) is 5.05. The molecule has 4 aromatic rings. The van der Waals surface area contributed by atoms with E-state index < -0.39 is 0 Å². The number of rotatable bonds is 5. The smallest absolute Gasteiger partial charge is 0.229 e. The molecule has 2 amide bonds. The number of nitrogens with zero attached hydrogens (tertiary/aromatic N) is 3. The molecule has 0 bridgehead atoms. The molecule has 7 nitrogen and oxygen atoms in total. The van der Waals surface area contributed by atoms with Crippen molar-refractivity contribution in [3.05, 3.63) is 66.2 Å². The van der Waals surface area contributed by atoms with Crippen molar-refractivity contribution in [1.29, 1.82) is 0 Å². The van der Waals surface area contributed by atoms with Crippen LogP contribution in [0.15, 0.2) is 64.9 Å². The number of hydrogen-bond donors (Lipinski definition) is 1. The lowest BCUT2D eigenvalue weighted by Crippen LogP contribution is -2.27. The first kappa shape index (κ1) is 17.7. The van der Waals surface area contributed by atoms with Crippen LogP contribution in [-0.2, 0) is 16.1 Å². The fourth-order valence-electron chi connectivity index (χ4n) is 3.53. The number of likely N-dealkylation sites (tertiary alicyclic amines) is 1. The van der Waals surface area contributed by atoms with E-state index in [9.17, 15) is 9.59 Å². The molecule has 0 unspecified atom stereocenters. The number of thiazole rings is 1. The van der Waals surface area contributed by atoms with Gasteiger partial charge in [-0.05, 0) is 24.3 Å². The number of hydrogen-bond acceptors (Lipinski definition) is 5. The maximum absolute atomic E-state index is 12.6. The molecule has 4 heterocycles. The largest absolute Gasteiger partial charge is 0.467 e. The summed E-state index contributed by atoms with van der Waals surface area (Å²) in [5, 5.41) is 4.91. The fourth-order valence-corrected chi connectivity index (χ4v) is 4.23. The Kier molecular flexibility index (Phi) is 4.40. The van der Waals surface area contributed by atoms with Gasteiger partial charge in [0, 0.05) is 42.0 Å². The highest BCUT2D eigenvalue weighted by molar-refractivity contribution is 7.15. The molecule has 1 aromatic carbocycles. The highest BCUT2D eigenvalue weighted by Crippen LogP contribution is 2.25. The van der Waals surface area contributed by atoms with Gasteiger partial charge in [-0.15, -0.1) is 11.3 Å². The van der Waals surface area contributed by atoms with E-state index >= 15 is 0 Å². The van der Waals surface area contributed by atoms with Gasteiger partial charge in [0.05, 0.1) is 24.4 Å². The average molecular weight is 406 g/mol. The van der Waals surface area contributed by atoms with Crippen LogP contribution in [0.1, 0.15) is 12.2 Å². The molecule has 29 heavy (non-hydrogen) atoms. The molecular weight excluding hydrogens is 388 g/mol. The molecule has 1 saturated heterocycles. The van der Waals surface area contributed by atoms with E-state index in [-0.39, 0.29) is 24.2 Å². The topological polar surface area (TPSA) is 79.9 Å². The molecule has 0 aliphatic carbocycles. The second-order valence-electron chi connectivity index (χ2n) is 7.04. The number of amides is 2. The lowest BCUT2D eigenvalue weighted by Gasteiger charge is -2.15. The molecule has 1 atom stereocenters. The van der Waals surface area contributed by atoms with Gasteiger partial charge in [-0.1, -0.05) is 12.1 Å². The van der Waals surface area contributed by atoms with E-state index in [4.69, 9.17) is 4.42 Å². The standard InChI is InChI=1S/C21H18N4O3S/c26-19-10-15(11-25(19)12-17-2-1-8-28-17)20(27)22-16-5-3-14(4-6-16)18-13-24-7-9-29-21(24)23-18/h1-9,13,15H,10-12H2,(H,22,27)/t15-/m0/s1. The minimum absolute atomic E-state index is 0.0309. The lowest BCUT2D eigenvalue weighted by atomic mass is 10.1. The number of carbonyl (C=O) groups excluding carboxylic acids is 2. The van der Waals surface area contributed by atoms with Gasteiger partial charge in [0.2, 0.25) is 11.8 Å². The average Bonchev–Trinajstić information content (AvgIpc) is 3.48. The minimum atomic E-state index is -0.364. The predicted octanol–water partition coefficient (Wildman–Crippen LogP) is 3.64. The molecular formula is C21H18N4O3S. The molecule has 1 fully saturated rings. The van der Waals surface area contributed by atoms with Crippen molar-refractivity contribution in [3.63, 3.8) is 0 Å². The predicted molar refractivity (Wildman–Crippen MR) is 109 cm³/mol. The van der Waals surface area contributed by atoms with Crippen molar-refractivity contribution >= 4 is 33.8 Å². The molecule has 1 N–H and O–H groups in total. The molecule has 3 aromatic heterocycles. The Hall–Kier alpha value is -3.39. The van der Waals surface area contributed by atoms with Crippen molar-refractivity contribution in [2.45, 2.75) is 13.0 Å². The zero-order chi connectivity index (χ0) is 19.8. The Morgan fingerprint density at radius 1 is 1.28 bits per heavy atom. The molecule has 0 radical (unpaired) electrons. The third kappa shape index (κ3) is 3.54. The van der Waals surface area contributed by atoms with E-state index in [0.29, 0.717) is 24.5 Å². The van der Waals surface area contributed by atoms with E-state index in [1.165, 1.54) is 0 Å². The van der Waals surface area contributed by atoms with Gasteiger partial charge >= 0.3 is 0 Å². The zero-order valence-corrected chi connectivity index (χ0v) is 16.3. The third-order valence-corrected chi connectivity index (χ3v) is 5.82. The summed E-state index contributed by atoms with van der Waals surface area (Å²) in [6.45, 7) is 0.793. The fraction of sp³-hybridized carbons (Fsp3) is 0.190. The van der Waals surface area contributed by atoms with Crippen LogP contribution in [0, 0.1) is 5.92 Å². The van der Waals surface area contributed by atoms with Crippen molar-refractivity contribution in [2.75, 3.05) is 11.9 Å². The van der Waals surface area contributed by atoms with Crippen molar-refractivity contribution in [1.82, 2.24) is 14.3 Å². The van der Waals surface area contributed by atoms with Gasteiger partial charge in [0.15, 0.2) is 4.96 Å². The number of nitrogens with one attached hydrogen (secondary N) is 1. The van der Waals surface area contributed by atoms with E-state index in [2.05, 4.69) is 10.3 Å². The summed E-state index contributed by atoms with van der Waals surface area (Å²) in [6, 6.07) is 11.2. The summed E-state index contributed by atoms with van der Waals surface area (Å²) >= 11 is 1.59. The Morgan fingerprint density at radius 3 is 2.90 bits per heavy atom. The molecule has 0 spiro atoms. The quantitative estimate of drug-likeness (QED) is 0.549.